The van der Waals surface area contributed by atoms with Crippen LogP contribution in [0, 0.1) is 0 Å². The van der Waals surface area contributed by atoms with E-state index in [-0.39, 0.29) is 0 Å². The van der Waals surface area contributed by atoms with Gasteiger partial charge in [-0.2, -0.15) is 0 Å². The first-order chi connectivity index (χ1) is 11.3. The number of piperidine rings is 1. The Hall–Kier alpha value is -1.90. The summed E-state index contributed by atoms with van der Waals surface area (Å²) in [4.78, 5) is 11.9. The molecule has 0 spiro atoms. The van der Waals surface area contributed by atoms with Crippen LogP contribution in [0.2, 0.25) is 0 Å². The molecule has 0 unspecified atom stereocenters. The third-order valence-corrected chi connectivity index (χ3v) is 4.58. The maximum absolute atomic E-state index is 4.80. The summed E-state index contributed by atoms with van der Waals surface area (Å²) in [5.41, 5.74) is 1.95. The summed E-state index contributed by atoms with van der Waals surface area (Å²) in [6.07, 6.45) is 3.78. The van der Waals surface area contributed by atoms with Crippen LogP contribution in [0.15, 0.2) is 70.6 Å². The molecule has 0 aliphatic carbocycles. The molecule has 0 atom stereocenters. The van der Waals surface area contributed by atoms with Gasteiger partial charge < -0.3 is 0 Å². The molecule has 1 saturated heterocycles. The van der Waals surface area contributed by atoms with Crippen LogP contribution >= 0.6 is 0 Å². The van der Waals surface area contributed by atoms with Gasteiger partial charge in [-0.25, -0.2) is 0 Å². The van der Waals surface area contributed by atoms with E-state index in [0.29, 0.717) is 0 Å². The van der Waals surface area contributed by atoms with Gasteiger partial charge >= 0.3 is 146 Å². The third-order valence-electron chi connectivity index (χ3n) is 3.85. The second-order valence-electron chi connectivity index (χ2n) is 5.58. The van der Waals surface area contributed by atoms with Gasteiger partial charge in [0.1, 0.15) is 0 Å². The topological polar surface area (TPSA) is 28.0 Å². The molecule has 0 bridgehead atoms. The summed E-state index contributed by atoms with van der Waals surface area (Å²) < 4.78 is 0.934. The van der Waals surface area contributed by atoms with Crippen LogP contribution in [0.3, 0.4) is 0 Å². The van der Waals surface area contributed by atoms with Gasteiger partial charge in [-0.3, -0.25) is 0 Å². The second-order valence-corrected chi connectivity index (χ2v) is 6.35. The summed E-state index contributed by atoms with van der Waals surface area (Å²) >= 11 is 3.13. The quantitative estimate of drug-likeness (QED) is 0.450. The van der Waals surface area contributed by atoms with E-state index in [1.165, 1.54) is 19.3 Å². The third kappa shape index (κ3) is 4.54. The first kappa shape index (κ1) is 16.0. The second kappa shape index (κ2) is 8.09. The van der Waals surface area contributed by atoms with Crippen molar-refractivity contribution in [1.82, 2.24) is 4.90 Å². The van der Waals surface area contributed by atoms with Crippen LogP contribution in [-0.2, 0) is 0 Å². The first-order valence-corrected chi connectivity index (χ1v) is 8.88. The Kier molecular flexibility index (Phi) is 5.62. The van der Waals surface area contributed by atoms with Crippen molar-refractivity contribution < 1.29 is 0 Å². The molecule has 1 aliphatic rings. The van der Waals surface area contributed by atoms with Crippen molar-refractivity contribution in [3.8, 4) is 0 Å². The monoisotopic (exact) mass is 370 g/mol. The van der Waals surface area contributed by atoms with Gasteiger partial charge in [0, 0.05) is 0 Å². The summed E-state index contributed by atoms with van der Waals surface area (Å²) in [7, 11) is 0. The average molecular weight is 369 g/mol. The fourth-order valence-electron chi connectivity index (χ4n) is 2.61. The maximum atomic E-state index is 4.80. The summed E-state index contributed by atoms with van der Waals surface area (Å²) in [6.45, 7) is 2.14. The Morgan fingerprint density at radius 2 is 1.43 bits per heavy atom. The zero-order valence-corrected chi connectivity index (χ0v) is 14.8. The molecule has 1 radical (unpaired) electrons. The molecule has 3 rings (SSSR count). The van der Waals surface area contributed by atoms with Crippen LogP contribution in [0.1, 0.15) is 24.8 Å². The van der Waals surface area contributed by atoms with Crippen molar-refractivity contribution in [2.75, 3.05) is 13.1 Å². The molecular formula is C19H20N3Se. The van der Waals surface area contributed by atoms with Crippen molar-refractivity contribution in [2.45, 2.75) is 19.3 Å². The molecule has 117 valence electrons. The predicted octanol–water partition coefficient (Wildman–Crippen LogP) is 3.78. The minimum atomic E-state index is 0.746. The molecule has 0 amide bonds. The van der Waals surface area contributed by atoms with E-state index in [1.807, 2.05) is 48.5 Å². The van der Waals surface area contributed by atoms with E-state index in [4.69, 9.17) is 9.98 Å². The fraction of sp³-hybridized carbons (Fsp3) is 0.263. The number of likely N-dealkylation sites (tertiary alicyclic amines) is 1. The number of hydrogen-bond donors (Lipinski definition) is 0. The van der Waals surface area contributed by atoms with Crippen molar-refractivity contribution in [3.05, 3.63) is 66.2 Å². The van der Waals surface area contributed by atoms with Crippen molar-refractivity contribution in [2.24, 2.45) is 9.98 Å². The molecule has 23 heavy (non-hydrogen) atoms. The summed E-state index contributed by atoms with van der Waals surface area (Å²) in [6, 6.07) is 20.1. The number of para-hydroxylation sites is 1. The van der Waals surface area contributed by atoms with E-state index in [1.54, 1.807) is 0 Å². The van der Waals surface area contributed by atoms with E-state index in [2.05, 4.69) is 33.0 Å². The molecule has 1 aliphatic heterocycles. The molecule has 1 heterocycles. The molecule has 3 nitrogen and oxygen atoms in total. The van der Waals surface area contributed by atoms with Crippen LogP contribution in [0.4, 0.5) is 5.69 Å². The van der Waals surface area contributed by atoms with E-state index in [0.717, 1.165) is 34.9 Å². The number of amidine groups is 2. The van der Waals surface area contributed by atoms with Crippen molar-refractivity contribution >= 4 is 32.3 Å². The van der Waals surface area contributed by atoms with Crippen LogP contribution < -0.4 is 0 Å². The fourth-order valence-corrected chi connectivity index (χ4v) is 3.18. The molecule has 0 saturated carbocycles. The van der Waals surface area contributed by atoms with Gasteiger partial charge in [0.15, 0.2) is 0 Å². The van der Waals surface area contributed by atoms with E-state index < -0.39 is 0 Å². The molecule has 1 fully saturated rings. The van der Waals surface area contributed by atoms with Crippen LogP contribution in [0.25, 0.3) is 0 Å². The SMILES string of the molecule is [Se]C(=NC(=Nc1ccccc1)c1ccccc1)N1CCCCC1. The Morgan fingerprint density at radius 1 is 0.826 bits per heavy atom. The minimum absolute atomic E-state index is 0.746. The number of aliphatic imine (C=N–C) groups is 2. The van der Waals surface area contributed by atoms with Gasteiger partial charge in [0.25, 0.3) is 0 Å². The summed E-state index contributed by atoms with van der Waals surface area (Å²) in [5, 5.41) is 0. The Labute approximate surface area is 146 Å². The molecular weight excluding hydrogens is 349 g/mol. The standard InChI is InChI=1S/C19H20N3Se/c23-19(22-14-8-3-9-15-22)21-18(16-10-4-1-5-11-16)20-17-12-6-2-7-13-17/h1-2,4-7,10-13H,3,8-9,14-15H2. The number of nitrogens with zero attached hydrogens (tertiary/aromatic N) is 3. The van der Waals surface area contributed by atoms with Gasteiger partial charge in [-0.1, -0.05) is 0 Å². The zero-order valence-electron chi connectivity index (χ0n) is 13.1. The molecule has 4 heteroatoms. The van der Waals surface area contributed by atoms with Crippen molar-refractivity contribution in [1.29, 1.82) is 0 Å². The molecule has 0 aromatic heterocycles. The Morgan fingerprint density at radius 3 is 2.09 bits per heavy atom. The molecule has 2 aromatic carbocycles. The van der Waals surface area contributed by atoms with Gasteiger partial charge in [-0.15, -0.1) is 0 Å². The molecule has 2 aromatic rings. The number of hydrogen-bond acceptors (Lipinski definition) is 1. The van der Waals surface area contributed by atoms with Crippen LogP contribution in [0.5, 0.6) is 0 Å². The number of benzene rings is 2. The van der Waals surface area contributed by atoms with E-state index >= 15 is 0 Å². The van der Waals surface area contributed by atoms with Crippen molar-refractivity contribution in [3.63, 3.8) is 0 Å². The normalized spacial score (nSPS) is 16.4. The van der Waals surface area contributed by atoms with Gasteiger partial charge in [0.2, 0.25) is 0 Å². The average Bonchev–Trinajstić information content (AvgIpc) is 2.63. The van der Waals surface area contributed by atoms with Gasteiger partial charge in [-0.05, 0) is 0 Å². The number of rotatable bonds is 2. The first-order valence-electron chi connectivity index (χ1n) is 8.03. The molecule has 0 N–H and O–H groups in total. The predicted molar refractivity (Wildman–Crippen MR) is 97.7 cm³/mol. The summed E-state index contributed by atoms with van der Waals surface area (Å²) in [5.74, 6) is 0.746. The Bertz CT molecular complexity index is 674. The Balaban J connectivity index is 1.93. The van der Waals surface area contributed by atoms with E-state index in [9.17, 15) is 0 Å². The van der Waals surface area contributed by atoms with Gasteiger partial charge in [0.05, 0.1) is 0 Å². The zero-order chi connectivity index (χ0) is 15.9. The van der Waals surface area contributed by atoms with Crippen LogP contribution in [-0.4, -0.2) is 44.6 Å².